The van der Waals surface area contributed by atoms with E-state index in [4.69, 9.17) is 4.55 Å². The molecule has 1 N–H and O–H groups in total. The predicted molar refractivity (Wildman–Crippen MR) is 85.0 cm³/mol. The first-order valence-electron chi connectivity index (χ1n) is 7.64. The van der Waals surface area contributed by atoms with Crippen molar-refractivity contribution < 1.29 is 56.6 Å². The quantitative estimate of drug-likeness (QED) is 0.282. The van der Waals surface area contributed by atoms with Crippen molar-refractivity contribution in [2.24, 2.45) is 0 Å². The molecule has 0 spiro atoms. The summed E-state index contributed by atoms with van der Waals surface area (Å²) in [4.78, 5) is 0. The summed E-state index contributed by atoms with van der Waals surface area (Å²) < 4.78 is 142. The second-order valence-corrected chi connectivity index (χ2v) is 10.4. The van der Waals surface area contributed by atoms with E-state index in [0.29, 0.717) is 7.05 Å². The van der Waals surface area contributed by atoms with Gasteiger partial charge in [0.25, 0.3) is 20.1 Å². The lowest BCUT2D eigenvalue weighted by molar-refractivity contribution is -0.890. The maximum atomic E-state index is 13.5. The zero-order chi connectivity index (χ0) is 22.8. The van der Waals surface area contributed by atoms with Crippen LogP contribution in [0.3, 0.4) is 0 Å². The van der Waals surface area contributed by atoms with E-state index < -0.39 is 49.8 Å². The van der Waals surface area contributed by atoms with Crippen molar-refractivity contribution >= 4 is 20.1 Å². The van der Waals surface area contributed by atoms with Gasteiger partial charge in [-0.05, 0) is 0 Å². The minimum absolute atomic E-state index is 0.0237. The lowest BCUT2D eigenvalue weighted by atomic mass is 10.3. The molecule has 0 radical (unpaired) electrons. The predicted octanol–water partition coefficient (Wildman–Crippen LogP) is 1.78. The number of nitrogens with zero attached hydrogens (tertiary/aromatic N) is 2. The summed E-state index contributed by atoms with van der Waals surface area (Å²) in [5.41, 5.74) is 0. The van der Waals surface area contributed by atoms with Crippen LogP contribution in [0.5, 0.6) is 0 Å². The molecular formula is C12H22F7N2O5S2+. The lowest BCUT2D eigenvalue weighted by Crippen LogP contribution is -2.59. The molecule has 0 saturated heterocycles. The van der Waals surface area contributed by atoms with Gasteiger partial charge in [0.1, 0.15) is 0 Å². The summed E-state index contributed by atoms with van der Waals surface area (Å²) in [5.74, 6) is -7.32. The molecular weight excluding hydrogens is 449 g/mol. The summed E-state index contributed by atoms with van der Waals surface area (Å²) in [6, 6.07) is 0. The van der Waals surface area contributed by atoms with Gasteiger partial charge >= 0.3 is 17.4 Å². The number of sulfonamides is 1. The highest BCUT2D eigenvalue weighted by Crippen LogP contribution is 2.49. The van der Waals surface area contributed by atoms with Gasteiger partial charge in [0.15, 0.2) is 0 Å². The minimum Gasteiger partial charge on any atom is -0.328 e. The molecule has 0 bridgehead atoms. The molecule has 170 valence electrons. The second-order valence-electron chi connectivity index (χ2n) is 6.79. The smallest absolute Gasteiger partial charge is 0.328 e. The van der Waals surface area contributed by atoms with Crippen molar-refractivity contribution in [3.05, 3.63) is 0 Å². The average Bonchev–Trinajstić information content (AvgIpc) is 2.43. The van der Waals surface area contributed by atoms with Crippen LogP contribution < -0.4 is 0 Å². The van der Waals surface area contributed by atoms with Gasteiger partial charge in [0.2, 0.25) is 0 Å². The molecule has 16 heteroatoms. The number of quaternary nitrogens is 1. The molecule has 0 heterocycles. The summed E-state index contributed by atoms with van der Waals surface area (Å²) in [6.45, 7) is -0.531. The Kier molecular flexibility index (Phi) is 8.35. The molecule has 0 aliphatic heterocycles. The van der Waals surface area contributed by atoms with Crippen molar-refractivity contribution in [1.82, 2.24) is 4.31 Å². The largest absolute Gasteiger partial charge is 0.461 e. The van der Waals surface area contributed by atoms with E-state index >= 15 is 0 Å². The van der Waals surface area contributed by atoms with Gasteiger partial charge in [-0.2, -0.15) is 43.5 Å². The van der Waals surface area contributed by atoms with E-state index in [-0.39, 0.29) is 34.7 Å². The Labute approximate surface area is 158 Å². The third-order valence-electron chi connectivity index (χ3n) is 3.86. The lowest BCUT2D eigenvalue weighted by Gasteiger charge is -2.32. The van der Waals surface area contributed by atoms with Crippen molar-refractivity contribution in [3.63, 3.8) is 0 Å². The number of alkyl halides is 7. The first-order chi connectivity index (χ1) is 12.1. The SMILES string of the molecule is CN(CCC[N+](C)(C)CCCS(=O)(=O)O)S(=O)(=O)C(F)(F)C(F)(F)C(F)(F)F. The van der Waals surface area contributed by atoms with Crippen LogP contribution in [-0.2, 0) is 20.1 Å². The first kappa shape index (κ1) is 27.3. The summed E-state index contributed by atoms with van der Waals surface area (Å²) in [5, 5.41) is -6.40. The Morgan fingerprint density at radius 3 is 1.71 bits per heavy atom. The molecule has 0 saturated carbocycles. The Morgan fingerprint density at radius 1 is 0.893 bits per heavy atom. The van der Waals surface area contributed by atoms with Crippen LogP contribution in [-0.4, -0.2) is 94.1 Å². The van der Waals surface area contributed by atoms with Crippen LogP contribution in [0, 0.1) is 0 Å². The Morgan fingerprint density at radius 2 is 1.32 bits per heavy atom. The normalized spacial score (nSPS) is 15.3. The standard InChI is InChI=1S/C12H21F7N2O5S2/c1-20(6-4-7-21(2,3)8-5-9-27(22,23)24)28(25,26)12(18,19)10(13,14)11(15,16)17/h4-9H2,1-3H3/p+1. The molecule has 0 amide bonds. The van der Waals surface area contributed by atoms with Crippen LogP contribution >= 0.6 is 0 Å². The maximum Gasteiger partial charge on any atom is 0.461 e. The molecule has 0 aliphatic carbocycles. The fraction of sp³-hybridized carbons (Fsp3) is 1.00. The van der Waals surface area contributed by atoms with Gasteiger partial charge in [-0.1, -0.05) is 0 Å². The number of hydrogen-bond acceptors (Lipinski definition) is 4. The van der Waals surface area contributed by atoms with Gasteiger partial charge in [-0.15, -0.1) is 0 Å². The molecule has 0 atom stereocenters. The zero-order valence-corrected chi connectivity index (χ0v) is 16.8. The third kappa shape index (κ3) is 6.67. The molecule has 0 aliphatic rings. The van der Waals surface area contributed by atoms with Gasteiger partial charge in [0.05, 0.1) is 32.9 Å². The van der Waals surface area contributed by atoms with Crippen molar-refractivity contribution in [3.8, 4) is 0 Å². The highest BCUT2D eigenvalue weighted by atomic mass is 32.2. The topological polar surface area (TPSA) is 91.8 Å². The molecule has 28 heavy (non-hydrogen) atoms. The van der Waals surface area contributed by atoms with E-state index in [0.717, 1.165) is 0 Å². The number of halogens is 7. The van der Waals surface area contributed by atoms with E-state index in [1.54, 1.807) is 14.1 Å². The molecule has 0 aromatic heterocycles. The molecule has 0 aromatic rings. The van der Waals surface area contributed by atoms with Gasteiger partial charge < -0.3 is 4.48 Å². The van der Waals surface area contributed by atoms with Crippen molar-refractivity contribution in [1.29, 1.82) is 0 Å². The average molecular weight is 471 g/mol. The summed E-state index contributed by atoms with van der Waals surface area (Å²) >= 11 is 0. The number of hydrogen-bond donors (Lipinski definition) is 1. The molecule has 0 rings (SSSR count). The van der Waals surface area contributed by atoms with Crippen molar-refractivity contribution in [2.75, 3.05) is 46.5 Å². The molecule has 0 aromatic carbocycles. The fourth-order valence-electron chi connectivity index (χ4n) is 2.15. The Bertz CT molecular complexity index is 736. The van der Waals surface area contributed by atoms with Gasteiger partial charge in [0, 0.05) is 26.4 Å². The van der Waals surface area contributed by atoms with E-state index in [1.807, 2.05) is 0 Å². The zero-order valence-electron chi connectivity index (χ0n) is 15.2. The Balaban J connectivity index is 5.01. The van der Waals surface area contributed by atoms with E-state index in [2.05, 4.69) is 0 Å². The highest BCUT2D eigenvalue weighted by molar-refractivity contribution is 7.90. The fourth-order valence-corrected chi connectivity index (χ4v) is 3.85. The summed E-state index contributed by atoms with van der Waals surface area (Å²) in [7, 11) is -6.94. The van der Waals surface area contributed by atoms with Crippen molar-refractivity contribution in [2.45, 2.75) is 30.2 Å². The van der Waals surface area contributed by atoms with Gasteiger partial charge in [-0.25, -0.2) is 8.42 Å². The molecule has 0 fully saturated rings. The van der Waals surface area contributed by atoms with E-state index in [1.165, 1.54) is 0 Å². The Hall–Kier alpha value is -0.710. The minimum atomic E-state index is -6.78. The maximum absolute atomic E-state index is 13.5. The third-order valence-corrected chi connectivity index (χ3v) is 6.57. The van der Waals surface area contributed by atoms with Crippen LogP contribution in [0.1, 0.15) is 12.8 Å². The number of rotatable bonds is 11. The van der Waals surface area contributed by atoms with Gasteiger partial charge in [-0.3, -0.25) is 4.55 Å². The molecule has 7 nitrogen and oxygen atoms in total. The van der Waals surface area contributed by atoms with E-state index in [9.17, 15) is 47.6 Å². The first-order valence-corrected chi connectivity index (χ1v) is 10.7. The van der Waals surface area contributed by atoms with Crippen LogP contribution in [0.4, 0.5) is 30.7 Å². The van der Waals surface area contributed by atoms with Crippen LogP contribution in [0.15, 0.2) is 0 Å². The highest BCUT2D eigenvalue weighted by Gasteiger charge is 2.79. The summed E-state index contributed by atoms with van der Waals surface area (Å²) in [6.07, 6.45) is -6.94. The monoisotopic (exact) mass is 471 g/mol. The van der Waals surface area contributed by atoms with Crippen LogP contribution in [0.2, 0.25) is 0 Å². The second kappa shape index (κ2) is 8.57. The molecule has 0 unspecified atom stereocenters. The van der Waals surface area contributed by atoms with Crippen LogP contribution in [0.25, 0.3) is 0 Å².